The Kier molecular flexibility index (Phi) is 4.04. The molecule has 0 aliphatic carbocycles. The number of amides is 1. The Bertz CT molecular complexity index is 493. The number of hydrogen-bond acceptors (Lipinski definition) is 3. The van der Waals surface area contributed by atoms with Gasteiger partial charge >= 0.3 is 5.97 Å². The normalized spacial score (nSPS) is 14.5. The molecule has 1 fully saturated rings. The zero-order valence-electron chi connectivity index (χ0n) is 11.0. The molecule has 1 aliphatic rings. The molecule has 1 amide bonds. The van der Waals surface area contributed by atoms with Crippen LogP contribution in [0.25, 0.3) is 0 Å². The Morgan fingerprint density at radius 2 is 2.00 bits per heavy atom. The second-order valence-corrected chi connectivity index (χ2v) is 4.80. The number of benzene rings is 1. The van der Waals surface area contributed by atoms with Crippen molar-refractivity contribution in [3.8, 4) is 0 Å². The molecule has 0 atom stereocenters. The lowest BCUT2D eigenvalue weighted by Gasteiger charge is -2.17. The molecule has 5 heteroatoms. The molecule has 0 bridgehead atoms. The minimum atomic E-state index is -0.990. The molecule has 102 valence electrons. The molecule has 0 radical (unpaired) electrons. The van der Waals surface area contributed by atoms with Gasteiger partial charge in [-0.1, -0.05) is 6.07 Å². The molecule has 1 aromatic rings. The van der Waals surface area contributed by atoms with Crippen molar-refractivity contribution >= 4 is 17.6 Å². The fourth-order valence-electron chi connectivity index (χ4n) is 2.24. The fourth-order valence-corrected chi connectivity index (χ4v) is 2.24. The highest BCUT2D eigenvalue weighted by Crippen LogP contribution is 2.18. The van der Waals surface area contributed by atoms with Gasteiger partial charge in [0.25, 0.3) is 0 Å². The number of likely N-dealkylation sites (tertiary alicyclic amines) is 1. The number of aromatic carboxylic acids is 1. The molecule has 1 saturated heterocycles. The number of nitrogens with zero attached hydrogens (tertiary/aromatic N) is 1. The Balaban J connectivity index is 2.04. The Morgan fingerprint density at radius 3 is 2.63 bits per heavy atom. The lowest BCUT2D eigenvalue weighted by Crippen LogP contribution is -2.33. The average Bonchev–Trinajstić information content (AvgIpc) is 2.89. The maximum absolute atomic E-state index is 11.9. The van der Waals surface area contributed by atoms with E-state index in [9.17, 15) is 9.59 Å². The number of rotatable bonds is 4. The molecule has 0 spiro atoms. The Morgan fingerprint density at radius 1 is 1.32 bits per heavy atom. The van der Waals surface area contributed by atoms with E-state index in [-0.39, 0.29) is 18.0 Å². The van der Waals surface area contributed by atoms with Gasteiger partial charge in [0.2, 0.25) is 5.91 Å². The summed E-state index contributed by atoms with van der Waals surface area (Å²) in [6.45, 7) is 3.64. The van der Waals surface area contributed by atoms with Crippen LogP contribution in [-0.2, 0) is 4.79 Å². The monoisotopic (exact) mass is 262 g/mol. The van der Waals surface area contributed by atoms with Crippen molar-refractivity contribution in [3.63, 3.8) is 0 Å². The van der Waals surface area contributed by atoms with E-state index in [0.29, 0.717) is 5.69 Å². The first-order valence-electron chi connectivity index (χ1n) is 6.43. The molecular weight excluding hydrogens is 244 g/mol. The van der Waals surface area contributed by atoms with Crippen LogP contribution in [0, 0.1) is 6.92 Å². The summed E-state index contributed by atoms with van der Waals surface area (Å²) in [4.78, 5) is 24.8. The minimum absolute atomic E-state index is 0.0235. The molecule has 1 heterocycles. The molecule has 0 saturated carbocycles. The number of anilines is 1. The summed E-state index contributed by atoms with van der Waals surface area (Å²) >= 11 is 0. The number of aryl methyl sites for hydroxylation is 1. The van der Waals surface area contributed by atoms with Crippen molar-refractivity contribution in [2.75, 3.05) is 25.0 Å². The van der Waals surface area contributed by atoms with E-state index >= 15 is 0 Å². The van der Waals surface area contributed by atoms with Gasteiger partial charge in [-0.2, -0.15) is 0 Å². The highest BCUT2D eigenvalue weighted by molar-refractivity contribution is 5.95. The summed E-state index contributed by atoms with van der Waals surface area (Å²) in [6, 6.07) is 5.05. The third kappa shape index (κ3) is 3.24. The van der Waals surface area contributed by atoms with E-state index < -0.39 is 5.97 Å². The van der Waals surface area contributed by atoms with Gasteiger partial charge in [-0.3, -0.25) is 4.79 Å². The lowest BCUT2D eigenvalue weighted by atomic mass is 10.1. The largest absolute Gasteiger partial charge is 0.478 e. The van der Waals surface area contributed by atoms with Gasteiger partial charge in [0.05, 0.1) is 12.1 Å². The highest BCUT2D eigenvalue weighted by Gasteiger charge is 2.18. The predicted octanol–water partition coefficient (Wildman–Crippen LogP) is 1.73. The zero-order valence-corrected chi connectivity index (χ0v) is 11.0. The summed E-state index contributed by atoms with van der Waals surface area (Å²) < 4.78 is 0. The van der Waals surface area contributed by atoms with Gasteiger partial charge in [-0.25, -0.2) is 4.79 Å². The maximum Gasteiger partial charge on any atom is 0.337 e. The fraction of sp³-hybridized carbons (Fsp3) is 0.429. The van der Waals surface area contributed by atoms with Crippen LogP contribution in [0.5, 0.6) is 0 Å². The smallest absolute Gasteiger partial charge is 0.337 e. The molecule has 0 aromatic heterocycles. The Labute approximate surface area is 112 Å². The van der Waals surface area contributed by atoms with Crippen LogP contribution in [0.1, 0.15) is 28.8 Å². The summed E-state index contributed by atoms with van der Waals surface area (Å²) in [7, 11) is 0. The zero-order chi connectivity index (χ0) is 13.8. The number of carboxylic acids is 1. The minimum Gasteiger partial charge on any atom is -0.478 e. The van der Waals surface area contributed by atoms with Crippen LogP contribution >= 0.6 is 0 Å². The third-order valence-electron chi connectivity index (χ3n) is 3.29. The SMILES string of the molecule is Cc1ccc(C(=O)O)c(NCC(=O)N2CCCC2)c1. The number of carbonyl (C=O) groups excluding carboxylic acids is 1. The van der Waals surface area contributed by atoms with E-state index in [4.69, 9.17) is 5.11 Å². The van der Waals surface area contributed by atoms with E-state index in [2.05, 4.69) is 5.32 Å². The van der Waals surface area contributed by atoms with Crippen LogP contribution in [0.2, 0.25) is 0 Å². The molecule has 1 aromatic carbocycles. The van der Waals surface area contributed by atoms with Crippen LogP contribution in [-0.4, -0.2) is 41.5 Å². The molecule has 2 rings (SSSR count). The summed E-state index contributed by atoms with van der Waals surface area (Å²) in [5.74, 6) is -0.966. The average molecular weight is 262 g/mol. The first kappa shape index (κ1) is 13.4. The van der Waals surface area contributed by atoms with Gasteiger partial charge in [-0.05, 0) is 37.5 Å². The Hall–Kier alpha value is -2.04. The van der Waals surface area contributed by atoms with Crippen molar-refractivity contribution in [2.45, 2.75) is 19.8 Å². The molecule has 5 nitrogen and oxygen atoms in total. The number of nitrogens with one attached hydrogen (secondary N) is 1. The van der Waals surface area contributed by atoms with E-state index in [1.807, 2.05) is 11.8 Å². The van der Waals surface area contributed by atoms with E-state index in [1.54, 1.807) is 18.2 Å². The standard InChI is InChI=1S/C14H18N2O3/c1-10-4-5-11(14(18)19)12(8-10)15-9-13(17)16-6-2-3-7-16/h4-5,8,15H,2-3,6-7,9H2,1H3,(H,18,19). The van der Waals surface area contributed by atoms with Crippen molar-refractivity contribution in [3.05, 3.63) is 29.3 Å². The number of carboxylic acid groups (broad SMARTS) is 1. The third-order valence-corrected chi connectivity index (χ3v) is 3.29. The van der Waals surface area contributed by atoms with Gasteiger partial charge in [0.1, 0.15) is 0 Å². The van der Waals surface area contributed by atoms with Crippen molar-refractivity contribution in [1.82, 2.24) is 4.90 Å². The van der Waals surface area contributed by atoms with E-state index in [1.165, 1.54) is 0 Å². The maximum atomic E-state index is 11.9. The van der Waals surface area contributed by atoms with Gasteiger partial charge in [-0.15, -0.1) is 0 Å². The molecule has 0 unspecified atom stereocenters. The van der Waals surface area contributed by atoms with Gasteiger partial charge in [0, 0.05) is 18.8 Å². The second kappa shape index (κ2) is 5.73. The number of hydrogen-bond donors (Lipinski definition) is 2. The van der Waals surface area contributed by atoms with E-state index in [0.717, 1.165) is 31.5 Å². The van der Waals surface area contributed by atoms with Crippen LogP contribution < -0.4 is 5.32 Å². The first-order valence-corrected chi connectivity index (χ1v) is 6.43. The molecular formula is C14H18N2O3. The van der Waals surface area contributed by atoms with Crippen molar-refractivity contribution in [2.24, 2.45) is 0 Å². The second-order valence-electron chi connectivity index (χ2n) is 4.80. The molecule has 1 aliphatic heterocycles. The molecule has 2 N–H and O–H groups in total. The van der Waals surface area contributed by atoms with Crippen molar-refractivity contribution < 1.29 is 14.7 Å². The number of carbonyl (C=O) groups is 2. The quantitative estimate of drug-likeness (QED) is 0.867. The lowest BCUT2D eigenvalue weighted by molar-refractivity contribution is -0.128. The van der Waals surface area contributed by atoms with Crippen LogP contribution in [0.3, 0.4) is 0 Å². The van der Waals surface area contributed by atoms with Gasteiger partial charge < -0.3 is 15.3 Å². The van der Waals surface area contributed by atoms with Crippen LogP contribution in [0.4, 0.5) is 5.69 Å². The summed E-state index contributed by atoms with van der Waals surface area (Å²) in [6.07, 6.45) is 2.10. The highest BCUT2D eigenvalue weighted by atomic mass is 16.4. The first-order chi connectivity index (χ1) is 9.08. The summed E-state index contributed by atoms with van der Waals surface area (Å²) in [5, 5.41) is 12.0. The molecule has 19 heavy (non-hydrogen) atoms. The van der Waals surface area contributed by atoms with Crippen molar-refractivity contribution in [1.29, 1.82) is 0 Å². The predicted molar refractivity (Wildman–Crippen MR) is 72.4 cm³/mol. The van der Waals surface area contributed by atoms with Gasteiger partial charge in [0.15, 0.2) is 0 Å². The topological polar surface area (TPSA) is 69.6 Å². The summed E-state index contributed by atoms with van der Waals surface area (Å²) in [5.41, 5.74) is 1.65. The van der Waals surface area contributed by atoms with Crippen LogP contribution in [0.15, 0.2) is 18.2 Å².